The fraction of sp³-hybridized carbons (Fsp3) is 0.625. The summed E-state index contributed by atoms with van der Waals surface area (Å²) >= 11 is 1.03. The average molecular weight is 298 g/mol. The molecule has 0 atom stereocenters. The Morgan fingerprint density at radius 1 is 0.900 bits per heavy atom. The Bertz CT molecular complexity index is 396. The van der Waals surface area contributed by atoms with E-state index >= 15 is 0 Å². The van der Waals surface area contributed by atoms with Crippen molar-refractivity contribution < 1.29 is 14.6 Å². The van der Waals surface area contributed by atoms with Gasteiger partial charge in [-0.2, -0.15) is 0 Å². The van der Waals surface area contributed by atoms with Crippen LogP contribution in [0.4, 0.5) is 0 Å². The van der Waals surface area contributed by atoms with Crippen molar-refractivity contribution in [2.75, 3.05) is 0 Å². The van der Waals surface area contributed by atoms with Gasteiger partial charge in [0.05, 0.1) is 12.0 Å². The quantitative estimate of drug-likeness (QED) is 0.455. The SMILES string of the molecule is CC(C)(C)Cc1cc(CC(C)(C)C)cc(SOOO)c1. The van der Waals surface area contributed by atoms with E-state index in [-0.39, 0.29) is 10.8 Å². The van der Waals surface area contributed by atoms with E-state index in [4.69, 9.17) is 5.26 Å². The lowest BCUT2D eigenvalue weighted by atomic mass is 9.84. The van der Waals surface area contributed by atoms with Crippen molar-refractivity contribution in [3.8, 4) is 0 Å². The van der Waals surface area contributed by atoms with E-state index in [2.05, 4.69) is 69.1 Å². The predicted molar refractivity (Wildman–Crippen MR) is 83.4 cm³/mol. The molecule has 0 aromatic heterocycles. The second-order valence-electron chi connectivity index (χ2n) is 7.69. The monoisotopic (exact) mass is 298 g/mol. The first kappa shape index (κ1) is 17.5. The molecule has 0 amide bonds. The molecule has 0 heterocycles. The summed E-state index contributed by atoms with van der Waals surface area (Å²) in [4.78, 5) is 0.944. The van der Waals surface area contributed by atoms with Crippen molar-refractivity contribution >= 4 is 12.0 Å². The maximum atomic E-state index is 8.30. The van der Waals surface area contributed by atoms with Crippen LogP contribution in [0.3, 0.4) is 0 Å². The lowest BCUT2D eigenvalue weighted by Gasteiger charge is -2.22. The van der Waals surface area contributed by atoms with Gasteiger partial charge in [-0.15, -0.1) is 4.33 Å². The normalized spacial score (nSPS) is 12.8. The van der Waals surface area contributed by atoms with Gasteiger partial charge in [-0.1, -0.05) is 52.6 Å². The molecule has 0 unspecified atom stereocenters. The summed E-state index contributed by atoms with van der Waals surface area (Å²) in [5.41, 5.74) is 3.03. The molecule has 4 heteroatoms. The van der Waals surface area contributed by atoms with Crippen LogP contribution in [0.2, 0.25) is 0 Å². The Hall–Kier alpha value is -0.550. The minimum atomic E-state index is 0.233. The third-order valence-corrected chi connectivity index (χ3v) is 3.21. The van der Waals surface area contributed by atoms with Gasteiger partial charge in [-0.25, -0.2) is 5.26 Å². The van der Waals surface area contributed by atoms with E-state index in [1.165, 1.54) is 11.1 Å². The first-order valence-corrected chi connectivity index (χ1v) is 7.61. The Kier molecular flexibility index (Phi) is 6.07. The van der Waals surface area contributed by atoms with Crippen LogP contribution in [-0.4, -0.2) is 5.26 Å². The molecule has 1 N–H and O–H groups in total. The van der Waals surface area contributed by atoms with Crippen molar-refractivity contribution in [3.63, 3.8) is 0 Å². The molecule has 0 spiro atoms. The van der Waals surface area contributed by atoms with Gasteiger partial charge in [0.1, 0.15) is 0 Å². The zero-order valence-electron chi connectivity index (χ0n) is 13.3. The van der Waals surface area contributed by atoms with Crippen molar-refractivity contribution in [1.82, 2.24) is 0 Å². The first-order valence-electron chi connectivity index (χ1n) is 6.87. The topological polar surface area (TPSA) is 38.7 Å². The fourth-order valence-corrected chi connectivity index (χ4v) is 2.77. The molecule has 0 saturated heterocycles. The van der Waals surface area contributed by atoms with E-state index in [1.807, 2.05) is 0 Å². The third-order valence-electron chi connectivity index (χ3n) is 2.66. The van der Waals surface area contributed by atoms with Crippen LogP contribution in [0.15, 0.2) is 23.1 Å². The Balaban J connectivity index is 3.01. The van der Waals surface area contributed by atoms with Crippen LogP contribution < -0.4 is 0 Å². The summed E-state index contributed by atoms with van der Waals surface area (Å²) < 4.78 is 4.56. The van der Waals surface area contributed by atoms with Gasteiger partial charge in [0.2, 0.25) is 0 Å². The summed E-state index contributed by atoms with van der Waals surface area (Å²) in [6.07, 6.45) is 2.00. The number of hydrogen-bond donors (Lipinski definition) is 1. The van der Waals surface area contributed by atoms with E-state index in [9.17, 15) is 0 Å². The van der Waals surface area contributed by atoms with Crippen LogP contribution in [0.5, 0.6) is 0 Å². The molecule has 0 saturated carbocycles. The molecule has 0 aliphatic carbocycles. The second-order valence-corrected chi connectivity index (χ2v) is 8.46. The van der Waals surface area contributed by atoms with Gasteiger partial charge in [0, 0.05) is 4.90 Å². The minimum absolute atomic E-state index is 0.233. The van der Waals surface area contributed by atoms with E-state index in [1.54, 1.807) is 0 Å². The molecular weight excluding hydrogens is 272 g/mol. The highest BCUT2D eigenvalue weighted by atomic mass is 32.2. The van der Waals surface area contributed by atoms with Crippen molar-refractivity contribution in [3.05, 3.63) is 29.3 Å². The average Bonchev–Trinajstić information content (AvgIpc) is 2.21. The zero-order valence-corrected chi connectivity index (χ0v) is 14.1. The van der Waals surface area contributed by atoms with Crippen LogP contribution in [-0.2, 0) is 22.2 Å². The van der Waals surface area contributed by atoms with Gasteiger partial charge in [-0.3, -0.25) is 0 Å². The van der Waals surface area contributed by atoms with Crippen LogP contribution in [0.25, 0.3) is 0 Å². The van der Waals surface area contributed by atoms with Gasteiger partial charge >= 0.3 is 0 Å². The molecule has 0 radical (unpaired) electrons. The summed E-state index contributed by atoms with van der Waals surface area (Å²) in [6.45, 7) is 13.4. The standard InChI is InChI=1S/C16H26O3S/c1-15(2,3)10-12-7-13(11-16(4,5)6)9-14(8-12)20-19-18-17/h7-9,17H,10-11H2,1-6H3. The molecule has 1 aromatic rings. The molecule has 20 heavy (non-hydrogen) atoms. The lowest BCUT2D eigenvalue weighted by molar-refractivity contribution is -0.432. The lowest BCUT2D eigenvalue weighted by Crippen LogP contribution is -2.12. The number of rotatable bonds is 5. The summed E-state index contributed by atoms with van der Waals surface area (Å²) in [5.74, 6) is 0. The predicted octanol–water partition coefficient (Wildman–Crippen LogP) is 5.29. The highest BCUT2D eigenvalue weighted by molar-refractivity contribution is 7.94. The molecular formula is C16H26O3S. The first-order chi connectivity index (χ1) is 9.09. The van der Waals surface area contributed by atoms with Crippen molar-refractivity contribution in [2.24, 2.45) is 10.8 Å². The largest absolute Gasteiger partial charge is 0.220 e. The molecule has 0 bridgehead atoms. The number of hydrogen-bond acceptors (Lipinski definition) is 4. The molecule has 3 nitrogen and oxygen atoms in total. The molecule has 0 aliphatic heterocycles. The molecule has 1 rings (SSSR count). The van der Waals surface area contributed by atoms with Gasteiger partial charge in [0.25, 0.3) is 0 Å². The van der Waals surface area contributed by atoms with Gasteiger partial charge < -0.3 is 0 Å². The molecule has 0 aliphatic rings. The van der Waals surface area contributed by atoms with Crippen LogP contribution in [0.1, 0.15) is 52.7 Å². The summed E-state index contributed by atoms with van der Waals surface area (Å²) in [5, 5.41) is 12.0. The Labute approximate surface area is 126 Å². The number of benzene rings is 1. The highest BCUT2D eigenvalue weighted by Gasteiger charge is 2.16. The fourth-order valence-electron chi connectivity index (χ4n) is 2.26. The van der Waals surface area contributed by atoms with E-state index in [0.717, 1.165) is 29.8 Å². The highest BCUT2D eigenvalue weighted by Crippen LogP contribution is 2.29. The molecule has 0 fully saturated rings. The minimum Gasteiger partial charge on any atom is -0.220 e. The summed E-state index contributed by atoms with van der Waals surface area (Å²) in [7, 11) is 0. The van der Waals surface area contributed by atoms with Gasteiger partial charge in [0.15, 0.2) is 0 Å². The third kappa shape index (κ3) is 7.29. The summed E-state index contributed by atoms with van der Waals surface area (Å²) in [6, 6.07) is 6.43. The van der Waals surface area contributed by atoms with Crippen molar-refractivity contribution in [2.45, 2.75) is 59.3 Å². The Morgan fingerprint density at radius 2 is 1.35 bits per heavy atom. The van der Waals surface area contributed by atoms with Gasteiger partial charge in [-0.05, 0) is 46.9 Å². The van der Waals surface area contributed by atoms with Crippen LogP contribution in [0, 0.1) is 10.8 Å². The maximum Gasteiger partial charge on any atom is 0.0714 e. The van der Waals surface area contributed by atoms with Crippen LogP contribution >= 0.6 is 12.0 Å². The zero-order chi connectivity index (χ0) is 15.4. The van der Waals surface area contributed by atoms with Crippen molar-refractivity contribution in [1.29, 1.82) is 0 Å². The molecule has 114 valence electrons. The second kappa shape index (κ2) is 6.94. The molecule has 1 aromatic carbocycles. The van der Waals surface area contributed by atoms with E-state index < -0.39 is 0 Å². The maximum absolute atomic E-state index is 8.30. The Morgan fingerprint density at radius 3 is 1.70 bits per heavy atom. The smallest absolute Gasteiger partial charge is 0.0714 e. The van der Waals surface area contributed by atoms with E-state index in [0.29, 0.717) is 0 Å².